The SMILES string of the molecule is CC1(C)CC(CC(N)=O)N(C(=O)[C@@]2(C)C[C@@H]2c2ccccc2)C1. The molecule has 0 radical (unpaired) electrons. The second kappa shape index (κ2) is 5.36. The Kier molecular flexibility index (Phi) is 3.74. The zero-order chi connectivity index (χ0) is 16.8. The van der Waals surface area contributed by atoms with Crippen LogP contribution in [-0.4, -0.2) is 29.3 Å². The van der Waals surface area contributed by atoms with Crippen LogP contribution in [0.15, 0.2) is 30.3 Å². The molecule has 1 saturated heterocycles. The number of carbonyl (C=O) groups excluding carboxylic acids is 2. The summed E-state index contributed by atoms with van der Waals surface area (Å²) in [5.41, 5.74) is 6.33. The van der Waals surface area contributed by atoms with Crippen molar-refractivity contribution in [1.82, 2.24) is 4.90 Å². The summed E-state index contributed by atoms with van der Waals surface area (Å²) in [5, 5.41) is 0. The van der Waals surface area contributed by atoms with Gasteiger partial charge in [-0.25, -0.2) is 0 Å². The summed E-state index contributed by atoms with van der Waals surface area (Å²) in [6.45, 7) is 7.07. The van der Waals surface area contributed by atoms with Gasteiger partial charge in [0.25, 0.3) is 0 Å². The van der Waals surface area contributed by atoms with Crippen molar-refractivity contribution in [3.63, 3.8) is 0 Å². The standard InChI is InChI=1S/C19H26N2O2/c1-18(2)10-14(9-16(20)22)21(12-18)17(23)19(3)11-15(19)13-7-5-4-6-8-13/h4-8,14-15H,9-12H2,1-3H3,(H2,20,22)/t14?,15-,19+/m1/s1. The number of hydrogen-bond acceptors (Lipinski definition) is 2. The summed E-state index contributed by atoms with van der Waals surface area (Å²) in [4.78, 5) is 26.5. The zero-order valence-corrected chi connectivity index (χ0v) is 14.2. The van der Waals surface area contributed by atoms with E-state index in [-0.39, 0.29) is 41.0 Å². The number of likely N-dealkylation sites (tertiary alicyclic amines) is 1. The summed E-state index contributed by atoms with van der Waals surface area (Å²) in [7, 11) is 0. The zero-order valence-electron chi connectivity index (χ0n) is 14.2. The molecule has 1 aliphatic carbocycles. The molecule has 124 valence electrons. The first-order chi connectivity index (χ1) is 10.7. The molecule has 23 heavy (non-hydrogen) atoms. The molecule has 2 N–H and O–H groups in total. The van der Waals surface area contributed by atoms with Gasteiger partial charge in [-0.15, -0.1) is 0 Å². The third kappa shape index (κ3) is 2.99. The average molecular weight is 314 g/mol. The molecule has 0 spiro atoms. The average Bonchev–Trinajstić information content (AvgIpc) is 3.08. The maximum absolute atomic E-state index is 13.2. The van der Waals surface area contributed by atoms with Crippen LogP contribution in [0.2, 0.25) is 0 Å². The van der Waals surface area contributed by atoms with Crippen LogP contribution in [0.5, 0.6) is 0 Å². The predicted octanol–water partition coefficient (Wildman–Crippen LogP) is 2.68. The van der Waals surface area contributed by atoms with Crippen LogP contribution in [-0.2, 0) is 9.59 Å². The van der Waals surface area contributed by atoms with Gasteiger partial charge in [-0.2, -0.15) is 0 Å². The van der Waals surface area contributed by atoms with Gasteiger partial charge in [0, 0.05) is 19.0 Å². The summed E-state index contributed by atoms with van der Waals surface area (Å²) in [6.07, 6.45) is 1.99. The van der Waals surface area contributed by atoms with Crippen molar-refractivity contribution in [2.75, 3.05) is 6.54 Å². The van der Waals surface area contributed by atoms with Crippen molar-refractivity contribution in [2.24, 2.45) is 16.6 Å². The van der Waals surface area contributed by atoms with E-state index >= 15 is 0 Å². The van der Waals surface area contributed by atoms with Crippen molar-refractivity contribution < 1.29 is 9.59 Å². The highest BCUT2D eigenvalue weighted by atomic mass is 16.2. The third-order valence-corrected chi connectivity index (χ3v) is 5.45. The van der Waals surface area contributed by atoms with E-state index in [0.29, 0.717) is 6.54 Å². The van der Waals surface area contributed by atoms with Crippen LogP contribution in [0.1, 0.15) is 51.5 Å². The van der Waals surface area contributed by atoms with Crippen molar-refractivity contribution in [3.8, 4) is 0 Å². The molecule has 4 heteroatoms. The first-order valence-corrected chi connectivity index (χ1v) is 8.37. The lowest BCUT2D eigenvalue weighted by molar-refractivity contribution is -0.138. The van der Waals surface area contributed by atoms with E-state index in [2.05, 4.69) is 32.9 Å². The van der Waals surface area contributed by atoms with Gasteiger partial charge in [0.2, 0.25) is 11.8 Å². The second-order valence-electron chi connectivity index (χ2n) is 8.21. The molecule has 1 aromatic carbocycles. The van der Waals surface area contributed by atoms with E-state index in [9.17, 15) is 9.59 Å². The fraction of sp³-hybridized carbons (Fsp3) is 0.579. The number of hydrogen-bond donors (Lipinski definition) is 1. The molecule has 1 aliphatic heterocycles. The number of carbonyl (C=O) groups is 2. The van der Waals surface area contributed by atoms with E-state index in [0.717, 1.165) is 12.8 Å². The van der Waals surface area contributed by atoms with Crippen LogP contribution < -0.4 is 5.73 Å². The molecule has 0 aromatic heterocycles. The van der Waals surface area contributed by atoms with Gasteiger partial charge in [-0.05, 0) is 29.7 Å². The van der Waals surface area contributed by atoms with Gasteiger partial charge >= 0.3 is 0 Å². The van der Waals surface area contributed by atoms with Gasteiger partial charge < -0.3 is 10.6 Å². The smallest absolute Gasteiger partial charge is 0.229 e. The predicted molar refractivity (Wildman–Crippen MR) is 89.6 cm³/mol. The highest BCUT2D eigenvalue weighted by Gasteiger charge is 2.59. The van der Waals surface area contributed by atoms with Gasteiger partial charge in [0.1, 0.15) is 0 Å². The van der Waals surface area contributed by atoms with Crippen molar-refractivity contribution in [2.45, 2.75) is 52.0 Å². The summed E-state index contributed by atoms with van der Waals surface area (Å²) < 4.78 is 0. The van der Waals surface area contributed by atoms with E-state index in [4.69, 9.17) is 5.73 Å². The number of nitrogens with two attached hydrogens (primary N) is 1. The molecule has 1 aromatic rings. The van der Waals surface area contributed by atoms with Crippen molar-refractivity contribution in [3.05, 3.63) is 35.9 Å². The lowest BCUT2D eigenvalue weighted by Gasteiger charge is -2.28. The summed E-state index contributed by atoms with van der Waals surface area (Å²) >= 11 is 0. The second-order valence-corrected chi connectivity index (χ2v) is 8.21. The Balaban J connectivity index is 1.78. The minimum Gasteiger partial charge on any atom is -0.370 e. The molecule has 2 amide bonds. The van der Waals surface area contributed by atoms with E-state index < -0.39 is 0 Å². The van der Waals surface area contributed by atoms with Gasteiger partial charge in [-0.1, -0.05) is 51.1 Å². The van der Waals surface area contributed by atoms with Crippen LogP contribution >= 0.6 is 0 Å². The number of benzene rings is 1. The molecule has 2 aliphatic rings. The van der Waals surface area contributed by atoms with Crippen LogP contribution in [0.3, 0.4) is 0 Å². The van der Waals surface area contributed by atoms with Gasteiger partial charge in [-0.3, -0.25) is 9.59 Å². The highest BCUT2D eigenvalue weighted by Crippen LogP contribution is 2.60. The molecule has 1 saturated carbocycles. The molecule has 4 nitrogen and oxygen atoms in total. The molecule has 3 rings (SSSR count). The Morgan fingerprint density at radius 3 is 2.43 bits per heavy atom. The summed E-state index contributed by atoms with van der Waals surface area (Å²) in [6, 6.07) is 10.2. The Morgan fingerprint density at radius 1 is 1.17 bits per heavy atom. The van der Waals surface area contributed by atoms with Gasteiger partial charge in [0.05, 0.1) is 5.41 Å². The Labute approximate surface area is 138 Å². The molecule has 3 atom stereocenters. The lowest BCUT2D eigenvalue weighted by Crippen LogP contribution is -2.42. The van der Waals surface area contributed by atoms with Crippen LogP contribution in [0, 0.1) is 10.8 Å². The number of amides is 2. The molecular weight excluding hydrogens is 288 g/mol. The van der Waals surface area contributed by atoms with E-state index in [1.807, 2.05) is 23.1 Å². The van der Waals surface area contributed by atoms with Crippen LogP contribution in [0.4, 0.5) is 0 Å². The fourth-order valence-corrected chi connectivity index (χ4v) is 4.16. The molecule has 2 fully saturated rings. The van der Waals surface area contributed by atoms with Crippen LogP contribution in [0.25, 0.3) is 0 Å². The highest BCUT2D eigenvalue weighted by molar-refractivity contribution is 5.88. The molecule has 0 bridgehead atoms. The topological polar surface area (TPSA) is 63.4 Å². The fourth-order valence-electron chi connectivity index (χ4n) is 4.16. The molecule has 1 unspecified atom stereocenters. The number of primary amides is 1. The minimum atomic E-state index is -0.336. The monoisotopic (exact) mass is 314 g/mol. The minimum absolute atomic E-state index is 0.0449. The maximum Gasteiger partial charge on any atom is 0.229 e. The summed E-state index contributed by atoms with van der Waals surface area (Å²) in [5.74, 6) is 0.142. The van der Waals surface area contributed by atoms with E-state index in [1.54, 1.807) is 0 Å². The first-order valence-electron chi connectivity index (χ1n) is 8.37. The van der Waals surface area contributed by atoms with E-state index in [1.165, 1.54) is 5.56 Å². The Morgan fingerprint density at radius 2 is 1.83 bits per heavy atom. The van der Waals surface area contributed by atoms with Gasteiger partial charge in [0.15, 0.2) is 0 Å². The first kappa shape index (κ1) is 16.0. The quantitative estimate of drug-likeness (QED) is 0.928. The Hall–Kier alpha value is -1.84. The largest absolute Gasteiger partial charge is 0.370 e. The van der Waals surface area contributed by atoms with Crippen molar-refractivity contribution in [1.29, 1.82) is 0 Å². The maximum atomic E-state index is 13.2. The molecular formula is C19H26N2O2. The normalized spacial score (nSPS) is 31.9. The third-order valence-electron chi connectivity index (χ3n) is 5.45. The number of rotatable bonds is 4. The van der Waals surface area contributed by atoms with Crippen molar-refractivity contribution >= 4 is 11.8 Å². The Bertz CT molecular complexity index is 626. The lowest BCUT2D eigenvalue weighted by atomic mass is 9.90. The number of nitrogens with zero attached hydrogens (tertiary/aromatic N) is 1. The molecule has 1 heterocycles.